The molecule has 1 aromatic carbocycles. The average molecular weight is 476 g/mol. The zero-order valence-corrected chi connectivity index (χ0v) is 20.9. The summed E-state index contributed by atoms with van der Waals surface area (Å²) in [4.78, 5) is 25.0. The lowest BCUT2D eigenvalue weighted by Gasteiger charge is -2.32. The van der Waals surface area contributed by atoms with Crippen molar-refractivity contribution >= 4 is 11.9 Å². The van der Waals surface area contributed by atoms with E-state index in [-0.39, 0.29) is 37.2 Å². The first-order valence-corrected chi connectivity index (χ1v) is 12.8. The van der Waals surface area contributed by atoms with Crippen molar-refractivity contribution in [3.05, 3.63) is 29.3 Å². The van der Waals surface area contributed by atoms with E-state index in [2.05, 4.69) is 13.0 Å². The Kier molecular flexibility index (Phi) is 9.77. The lowest BCUT2D eigenvalue weighted by atomic mass is 9.73. The first-order chi connectivity index (χ1) is 16.3. The van der Waals surface area contributed by atoms with Gasteiger partial charge in [0.15, 0.2) is 13.2 Å². The lowest BCUT2D eigenvalue weighted by Crippen LogP contribution is -2.29. The Balaban J connectivity index is 1.56. The van der Waals surface area contributed by atoms with E-state index in [9.17, 15) is 19.8 Å². The third-order valence-corrected chi connectivity index (χ3v) is 7.52. The number of ether oxygens (including phenoxy) is 2. The SMILES string of the molecule is CCCCC[C@@H](O)CC[C@H]1C(O)CC2Cc3c(cccc3OCC(=O)OCC(=O)N(C)C)CC21. The van der Waals surface area contributed by atoms with Crippen molar-refractivity contribution < 1.29 is 29.3 Å². The smallest absolute Gasteiger partial charge is 0.344 e. The van der Waals surface area contributed by atoms with E-state index in [1.807, 2.05) is 12.1 Å². The summed E-state index contributed by atoms with van der Waals surface area (Å²) in [7, 11) is 3.22. The molecule has 5 atom stereocenters. The highest BCUT2D eigenvalue weighted by Gasteiger charge is 2.44. The summed E-state index contributed by atoms with van der Waals surface area (Å²) in [6.07, 6.45) is 7.69. The summed E-state index contributed by atoms with van der Waals surface area (Å²) in [5.74, 6) is 0.820. The van der Waals surface area contributed by atoms with Gasteiger partial charge < -0.3 is 24.6 Å². The third-order valence-electron chi connectivity index (χ3n) is 7.52. The number of aliphatic hydroxyl groups is 2. The van der Waals surface area contributed by atoms with E-state index in [0.29, 0.717) is 17.6 Å². The van der Waals surface area contributed by atoms with Crippen LogP contribution in [0.3, 0.4) is 0 Å². The molecule has 3 rings (SSSR count). The van der Waals surface area contributed by atoms with Gasteiger partial charge in [0.1, 0.15) is 5.75 Å². The average Bonchev–Trinajstić information content (AvgIpc) is 3.12. The number of esters is 1. The summed E-state index contributed by atoms with van der Waals surface area (Å²) in [5.41, 5.74) is 2.31. The molecule has 190 valence electrons. The van der Waals surface area contributed by atoms with Crippen LogP contribution in [0, 0.1) is 17.8 Å². The molecule has 2 aliphatic carbocycles. The molecule has 1 aromatic rings. The van der Waals surface area contributed by atoms with Gasteiger partial charge >= 0.3 is 5.97 Å². The fraction of sp³-hybridized carbons (Fsp3) is 0.704. The van der Waals surface area contributed by atoms with Crippen LogP contribution in [0.5, 0.6) is 5.75 Å². The van der Waals surface area contributed by atoms with Crippen molar-refractivity contribution in [1.29, 1.82) is 0 Å². The molecule has 3 unspecified atom stereocenters. The van der Waals surface area contributed by atoms with Gasteiger partial charge in [-0.2, -0.15) is 0 Å². The van der Waals surface area contributed by atoms with Crippen molar-refractivity contribution in [3.63, 3.8) is 0 Å². The van der Waals surface area contributed by atoms with Crippen LogP contribution in [0.1, 0.15) is 63.0 Å². The number of amides is 1. The summed E-state index contributed by atoms with van der Waals surface area (Å²) in [6.45, 7) is 1.63. The normalized spacial score (nSPS) is 24.1. The number of unbranched alkanes of at least 4 members (excludes halogenated alkanes) is 2. The molecular formula is C27H41NO6. The monoisotopic (exact) mass is 475 g/mol. The third kappa shape index (κ3) is 6.95. The molecular weight excluding hydrogens is 434 g/mol. The van der Waals surface area contributed by atoms with Gasteiger partial charge in [0.05, 0.1) is 12.2 Å². The molecule has 1 fully saturated rings. The lowest BCUT2D eigenvalue weighted by molar-refractivity contribution is -0.152. The molecule has 1 amide bonds. The van der Waals surface area contributed by atoms with Crippen LogP contribution in [-0.2, 0) is 27.2 Å². The maximum Gasteiger partial charge on any atom is 0.344 e. The van der Waals surface area contributed by atoms with E-state index < -0.39 is 5.97 Å². The number of likely N-dealkylation sites (N-methyl/N-ethyl adjacent to an activating group) is 1. The van der Waals surface area contributed by atoms with Crippen molar-refractivity contribution in [2.75, 3.05) is 27.3 Å². The molecule has 0 radical (unpaired) electrons. The van der Waals surface area contributed by atoms with Gasteiger partial charge in [-0.3, -0.25) is 4.79 Å². The van der Waals surface area contributed by atoms with Crippen LogP contribution in [-0.4, -0.2) is 66.5 Å². The molecule has 0 aliphatic heterocycles. The Morgan fingerprint density at radius 3 is 2.68 bits per heavy atom. The number of fused-ring (bicyclic) bond motifs is 2. The van der Waals surface area contributed by atoms with Gasteiger partial charge in [0.25, 0.3) is 5.91 Å². The number of aliphatic hydroxyl groups excluding tert-OH is 2. The van der Waals surface area contributed by atoms with Gasteiger partial charge in [-0.05, 0) is 73.5 Å². The fourth-order valence-corrected chi connectivity index (χ4v) is 5.55. The van der Waals surface area contributed by atoms with Gasteiger partial charge in [-0.1, -0.05) is 38.3 Å². The van der Waals surface area contributed by atoms with E-state index in [1.54, 1.807) is 14.1 Å². The quantitative estimate of drug-likeness (QED) is 0.356. The van der Waals surface area contributed by atoms with Gasteiger partial charge in [-0.25, -0.2) is 4.79 Å². The maximum absolute atomic E-state index is 12.0. The number of carbonyl (C=O) groups is 2. The fourth-order valence-electron chi connectivity index (χ4n) is 5.55. The molecule has 7 nitrogen and oxygen atoms in total. The van der Waals surface area contributed by atoms with Crippen molar-refractivity contribution in [2.45, 2.75) is 76.9 Å². The van der Waals surface area contributed by atoms with E-state index >= 15 is 0 Å². The zero-order valence-electron chi connectivity index (χ0n) is 20.9. The van der Waals surface area contributed by atoms with E-state index in [4.69, 9.17) is 9.47 Å². The minimum atomic E-state index is -0.574. The first kappa shape index (κ1) is 26.5. The highest BCUT2D eigenvalue weighted by atomic mass is 16.6. The van der Waals surface area contributed by atoms with Crippen molar-refractivity contribution in [1.82, 2.24) is 4.90 Å². The van der Waals surface area contributed by atoms with Crippen molar-refractivity contribution in [2.24, 2.45) is 17.8 Å². The van der Waals surface area contributed by atoms with Crippen LogP contribution in [0.2, 0.25) is 0 Å². The Hall–Kier alpha value is -2.12. The van der Waals surface area contributed by atoms with Gasteiger partial charge in [0.2, 0.25) is 0 Å². The predicted octanol–water partition coefficient (Wildman–Crippen LogP) is 3.13. The van der Waals surface area contributed by atoms with E-state index in [1.165, 1.54) is 10.5 Å². The highest BCUT2D eigenvalue weighted by molar-refractivity contribution is 5.80. The molecule has 2 aliphatic rings. The topological polar surface area (TPSA) is 96.3 Å². The second-order valence-electron chi connectivity index (χ2n) is 10.2. The Morgan fingerprint density at radius 2 is 1.94 bits per heavy atom. The number of hydrogen-bond acceptors (Lipinski definition) is 6. The molecule has 0 saturated heterocycles. The molecule has 0 bridgehead atoms. The molecule has 1 saturated carbocycles. The molecule has 7 heteroatoms. The highest BCUT2D eigenvalue weighted by Crippen LogP contribution is 2.48. The second-order valence-corrected chi connectivity index (χ2v) is 10.2. The summed E-state index contributed by atoms with van der Waals surface area (Å²) >= 11 is 0. The molecule has 0 heterocycles. The minimum Gasteiger partial charge on any atom is -0.482 e. The minimum absolute atomic E-state index is 0.216. The second kappa shape index (κ2) is 12.5. The number of rotatable bonds is 12. The van der Waals surface area contributed by atoms with Crippen molar-refractivity contribution in [3.8, 4) is 5.75 Å². The summed E-state index contributed by atoms with van der Waals surface area (Å²) in [5, 5.41) is 21.2. The number of benzene rings is 1. The first-order valence-electron chi connectivity index (χ1n) is 12.8. The molecule has 0 spiro atoms. The van der Waals surface area contributed by atoms with Gasteiger partial charge in [0, 0.05) is 14.1 Å². The van der Waals surface area contributed by atoms with Crippen LogP contribution in [0.4, 0.5) is 0 Å². The van der Waals surface area contributed by atoms with Crippen LogP contribution < -0.4 is 4.74 Å². The zero-order chi connectivity index (χ0) is 24.7. The standard InChI is InChI=1S/C27H41NO6/c1-4-5-6-9-20(29)11-12-21-22-13-18-8-7-10-25(23(18)14-19(22)15-24(21)30)33-17-27(32)34-16-26(31)28(2)3/h7-8,10,19-22,24,29-30H,4-6,9,11-17H2,1-3H3/t19?,20-,21-,22?,24?/m1/s1. The number of nitrogens with zero attached hydrogens (tertiary/aromatic N) is 1. The summed E-state index contributed by atoms with van der Waals surface area (Å²) in [6, 6.07) is 5.91. The largest absolute Gasteiger partial charge is 0.482 e. The Bertz CT molecular complexity index is 825. The Morgan fingerprint density at radius 1 is 1.15 bits per heavy atom. The van der Waals surface area contributed by atoms with Crippen LogP contribution in [0.15, 0.2) is 18.2 Å². The van der Waals surface area contributed by atoms with Gasteiger partial charge in [-0.15, -0.1) is 0 Å². The van der Waals surface area contributed by atoms with Crippen LogP contribution >= 0.6 is 0 Å². The maximum atomic E-state index is 12.0. The molecule has 34 heavy (non-hydrogen) atoms. The molecule has 0 aromatic heterocycles. The van der Waals surface area contributed by atoms with Crippen LogP contribution in [0.25, 0.3) is 0 Å². The predicted molar refractivity (Wildman–Crippen MR) is 129 cm³/mol. The van der Waals surface area contributed by atoms with E-state index in [0.717, 1.165) is 63.4 Å². The summed E-state index contributed by atoms with van der Waals surface area (Å²) < 4.78 is 10.8. The Labute approximate surface area is 203 Å². The number of hydrogen-bond donors (Lipinski definition) is 2. The molecule has 2 N–H and O–H groups in total. The number of carbonyl (C=O) groups excluding carboxylic acids is 2.